The summed E-state index contributed by atoms with van der Waals surface area (Å²) < 4.78 is 5.35. The van der Waals surface area contributed by atoms with Crippen LogP contribution in [-0.2, 0) is 6.42 Å². The van der Waals surface area contributed by atoms with Gasteiger partial charge in [-0.3, -0.25) is 4.99 Å². The van der Waals surface area contributed by atoms with Crippen LogP contribution >= 0.6 is 0 Å². The van der Waals surface area contributed by atoms with Crippen LogP contribution in [0.3, 0.4) is 0 Å². The van der Waals surface area contributed by atoms with Gasteiger partial charge >= 0.3 is 0 Å². The van der Waals surface area contributed by atoms with Crippen molar-refractivity contribution in [1.29, 1.82) is 0 Å². The van der Waals surface area contributed by atoms with E-state index in [1.165, 1.54) is 6.42 Å². The molecule has 0 aromatic carbocycles. The van der Waals surface area contributed by atoms with Crippen molar-refractivity contribution in [3.63, 3.8) is 0 Å². The Morgan fingerprint density at radius 1 is 1.40 bits per heavy atom. The number of aliphatic imine (C=N–C) groups is 1. The third kappa shape index (κ3) is 4.29. The molecule has 4 nitrogen and oxygen atoms in total. The maximum Gasteiger partial charge on any atom is 0.193 e. The van der Waals surface area contributed by atoms with Gasteiger partial charge in [0.1, 0.15) is 5.76 Å². The summed E-state index contributed by atoms with van der Waals surface area (Å²) >= 11 is 0. The number of hydrogen-bond acceptors (Lipinski definition) is 2. The Bertz CT molecular complexity index is 403. The Morgan fingerprint density at radius 2 is 2.15 bits per heavy atom. The number of guanidine groups is 1. The molecule has 2 rings (SSSR count). The third-order valence-electron chi connectivity index (χ3n) is 3.70. The van der Waals surface area contributed by atoms with Gasteiger partial charge in [-0.15, -0.1) is 0 Å². The fraction of sp³-hybridized carbons (Fsp3) is 0.688. The fourth-order valence-corrected chi connectivity index (χ4v) is 2.99. The average molecular weight is 277 g/mol. The predicted molar refractivity (Wildman–Crippen MR) is 82.9 cm³/mol. The van der Waals surface area contributed by atoms with Crippen molar-refractivity contribution < 1.29 is 4.42 Å². The highest BCUT2D eigenvalue weighted by Gasteiger charge is 2.23. The lowest BCUT2D eigenvalue weighted by Gasteiger charge is -2.37. The summed E-state index contributed by atoms with van der Waals surface area (Å²) in [4.78, 5) is 7.16. The van der Waals surface area contributed by atoms with E-state index in [1.807, 2.05) is 12.1 Å². The number of hydrogen-bond donors (Lipinski definition) is 1. The molecule has 1 aliphatic rings. The van der Waals surface area contributed by atoms with Gasteiger partial charge in [-0.25, -0.2) is 0 Å². The average Bonchev–Trinajstić information content (AvgIpc) is 2.89. The van der Waals surface area contributed by atoms with E-state index in [0.29, 0.717) is 0 Å². The zero-order valence-electron chi connectivity index (χ0n) is 12.9. The van der Waals surface area contributed by atoms with Crippen LogP contribution in [0.15, 0.2) is 27.8 Å². The first kappa shape index (κ1) is 14.9. The van der Waals surface area contributed by atoms with Crippen LogP contribution < -0.4 is 5.32 Å². The summed E-state index contributed by atoms with van der Waals surface area (Å²) in [7, 11) is 0. The number of likely N-dealkylation sites (tertiary alicyclic amines) is 1. The van der Waals surface area contributed by atoms with Crippen LogP contribution in [0.25, 0.3) is 0 Å². The van der Waals surface area contributed by atoms with Crippen molar-refractivity contribution in [1.82, 2.24) is 10.2 Å². The normalized spacial score (nSPS) is 23.9. The molecule has 0 aliphatic carbocycles. The monoisotopic (exact) mass is 277 g/mol. The van der Waals surface area contributed by atoms with Gasteiger partial charge in [0, 0.05) is 32.6 Å². The molecule has 0 bridgehead atoms. The van der Waals surface area contributed by atoms with Crippen LogP contribution in [0.4, 0.5) is 0 Å². The minimum Gasteiger partial charge on any atom is -0.469 e. The molecule has 2 heterocycles. The largest absolute Gasteiger partial charge is 0.469 e. The van der Waals surface area contributed by atoms with Gasteiger partial charge in [-0.1, -0.05) is 13.8 Å². The molecule has 112 valence electrons. The highest BCUT2D eigenvalue weighted by Crippen LogP contribution is 2.20. The number of nitrogens with zero attached hydrogens (tertiary/aromatic N) is 2. The van der Waals surface area contributed by atoms with E-state index in [0.717, 1.165) is 56.2 Å². The summed E-state index contributed by atoms with van der Waals surface area (Å²) in [6, 6.07) is 3.94. The minimum atomic E-state index is 0.743. The highest BCUT2D eigenvalue weighted by molar-refractivity contribution is 5.80. The van der Waals surface area contributed by atoms with Crippen LogP contribution in [0, 0.1) is 11.8 Å². The van der Waals surface area contributed by atoms with E-state index >= 15 is 0 Å². The SMILES string of the molecule is CCNC(=NCCc1ccco1)N1CC(C)CC(C)C1. The van der Waals surface area contributed by atoms with Gasteiger partial charge in [0.05, 0.1) is 6.26 Å². The minimum absolute atomic E-state index is 0.743. The molecule has 0 saturated carbocycles. The van der Waals surface area contributed by atoms with Crippen LogP contribution in [0.5, 0.6) is 0 Å². The van der Waals surface area contributed by atoms with Gasteiger partial charge in [0.25, 0.3) is 0 Å². The molecule has 1 aliphatic heterocycles. The van der Waals surface area contributed by atoms with Gasteiger partial charge in [-0.05, 0) is 37.3 Å². The zero-order chi connectivity index (χ0) is 14.4. The Morgan fingerprint density at radius 3 is 2.75 bits per heavy atom. The Kier molecular flexibility index (Phi) is 5.50. The third-order valence-corrected chi connectivity index (χ3v) is 3.70. The summed E-state index contributed by atoms with van der Waals surface area (Å²) in [5.74, 6) is 3.54. The van der Waals surface area contributed by atoms with Crippen LogP contribution in [0.2, 0.25) is 0 Å². The molecular formula is C16H27N3O. The van der Waals surface area contributed by atoms with E-state index in [-0.39, 0.29) is 0 Å². The smallest absolute Gasteiger partial charge is 0.193 e. The van der Waals surface area contributed by atoms with Crippen molar-refractivity contribution in [3.05, 3.63) is 24.2 Å². The number of furan rings is 1. The number of piperidine rings is 1. The molecule has 0 radical (unpaired) electrons. The molecular weight excluding hydrogens is 250 g/mol. The van der Waals surface area contributed by atoms with Crippen molar-refractivity contribution >= 4 is 5.96 Å². The molecule has 1 N–H and O–H groups in total. The summed E-state index contributed by atoms with van der Waals surface area (Å²) in [5.41, 5.74) is 0. The second kappa shape index (κ2) is 7.36. The van der Waals surface area contributed by atoms with Gasteiger partial charge in [-0.2, -0.15) is 0 Å². The zero-order valence-corrected chi connectivity index (χ0v) is 12.9. The van der Waals surface area contributed by atoms with E-state index in [4.69, 9.17) is 9.41 Å². The molecule has 1 saturated heterocycles. The maximum atomic E-state index is 5.35. The topological polar surface area (TPSA) is 40.8 Å². The second-order valence-corrected chi connectivity index (χ2v) is 5.92. The Labute approximate surface area is 122 Å². The van der Waals surface area contributed by atoms with Crippen molar-refractivity contribution in [2.75, 3.05) is 26.2 Å². The van der Waals surface area contributed by atoms with E-state index in [1.54, 1.807) is 6.26 Å². The quantitative estimate of drug-likeness (QED) is 0.679. The highest BCUT2D eigenvalue weighted by atomic mass is 16.3. The van der Waals surface area contributed by atoms with Crippen LogP contribution in [-0.4, -0.2) is 37.0 Å². The molecule has 20 heavy (non-hydrogen) atoms. The summed E-state index contributed by atoms with van der Waals surface area (Å²) in [5, 5.41) is 3.42. The van der Waals surface area contributed by atoms with Crippen LogP contribution in [0.1, 0.15) is 33.0 Å². The summed E-state index contributed by atoms with van der Waals surface area (Å²) in [6.45, 7) is 10.7. The lowest BCUT2D eigenvalue weighted by molar-refractivity contribution is 0.208. The van der Waals surface area contributed by atoms with Crippen molar-refractivity contribution in [3.8, 4) is 0 Å². The molecule has 4 heteroatoms. The summed E-state index contributed by atoms with van der Waals surface area (Å²) in [6.07, 6.45) is 3.90. The van der Waals surface area contributed by atoms with Crippen molar-refractivity contribution in [2.45, 2.75) is 33.6 Å². The number of nitrogens with one attached hydrogen (secondary N) is 1. The Hall–Kier alpha value is -1.45. The molecule has 2 unspecified atom stereocenters. The molecule has 0 amide bonds. The first-order chi connectivity index (χ1) is 9.69. The van der Waals surface area contributed by atoms with Gasteiger partial charge < -0.3 is 14.6 Å². The van der Waals surface area contributed by atoms with Gasteiger partial charge in [0.15, 0.2) is 5.96 Å². The van der Waals surface area contributed by atoms with E-state index in [9.17, 15) is 0 Å². The maximum absolute atomic E-state index is 5.35. The van der Waals surface area contributed by atoms with Crippen molar-refractivity contribution in [2.24, 2.45) is 16.8 Å². The molecule has 1 aromatic rings. The molecule has 2 atom stereocenters. The molecule has 1 aromatic heterocycles. The standard InChI is InChI=1S/C16H27N3O/c1-4-17-16(18-8-7-15-6-5-9-20-15)19-11-13(2)10-14(3)12-19/h5-6,9,13-14H,4,7-8,10-12H2,1-3H3,(H,17,18). The lowest BCUT2D eigenvalue weighted by Crippen LogP contribution is -2.48. The van der Waals surface area contributed by atoms with E-state index < -0.39 is 0 Å². The fourth-order valence-electron chi connectivity index (χ4n) is 2.99. The lowest BCUT2D eigenvalue weighted by atomic mass is 9.92. The van der Waals surface area contributed by atoms with Gasteiger partial charge in [0.2, 0.25) is 0 Å². The van der Waals surface area contributed by atoms with E-state index in [2.05, 4.69) is 31.0 Å². The first-order valence-corrected chi connectivity index (χ1v) is 7.74. The Balaban J connectivity index is 1.94. The number of rotatable bonds is 4. The second-order valence-electron chi connectivity index (χ2n) is 5.92. The first-order valence-electron chi connectivity index (χ1n) is 7.74. The predicted octanol–water partition coefficient (Wildman–Crippen LogP) is 2.77. The molecule has 1 fully saturated rings. The molecule has 0 spiro atoms.